The highest BCUT2D eigenvalue weighted by Gasteiger charge is 2.23. The van der Waals surface area contributed by atoms with Gasteiger partial charge in [0.05, 0.1) is 6.61 Å². The maximum Gasteiger partial charge on any atom is 0.254 e. The van der Waals surface area contributed by atoms with Gasteiger partial charge >= 0.3 is 0 Å². The number of benzene rings is 1. The number of amides is 1. The van der Waals surface area contributed by atoms with Gasteiger partial charge in [0, 0.05) is 38.3 Å². The first-order valence-corrected chi connectivity index (χ1v) is 6.32. The SMILES string of the molecule is COCc1cccc(C(=O)N2CCNC[C@H]2C)c1. The number of ether oxygens (including phenoxy) is 1. The molecule has 0 saturated carbocycles. The topological polar surface area (TPSA) is 41.6 Å². The summed E-state index contributed by atoms with van der Waals surface area (Å²) in [5.74, 6) is 0.113. The number of rotatable bonds is 3. The summed E-state index contributed by atoms with van der Waals surface area (Å²) in [7, 11) is 1.66. The molecular formula is C14H20N2O2. The molecule has 2 rings (SSSR count). The zero-order valence-electron chi connectivity index (χ0n) is 11.0. The zero-order chi connectivity index (χ0) is 13.0. The average molecular weight is 248 g/mol. The molecule has 1 atom stereocenters. The average Bonchev–Trinajstić information content (AvgIpc) is 2.39. The highest BCUT2D eigenvalue weighted by molar-refractivity contribution is 5.94. The van der Waals surface area contributed by atoms with E-state index in [4.69, 9.17) is 4.74 Å². The molecule has 1 amide bonds. The maximum atomic E-state index is 12.4. The number of hydrogen-bond donors (Lipinski definition) is 1. The summed E-state index contributed by atoms with van der Waals surface area (Å²) in [4.78, 5) is 14.4. The molecule has 4 nitrogen and oxygen atoms in total. The molecule has 1 N–H and O–H groups in total. The molecule has 18 heavy (non-hydrogen) atoms. The molecule has 4 heteroatoms. The molecule has 0 radical (unpaired) electrons. The van der Waals surface area contributed by atoms with Gasteiger partial charge in [-0.2, -0.15) is 0 Å². The molecule has 98 valence electrons. The minimum absolute atomic E-state index is 0.113. The summed E-state index contributed by atoms with van der Waals surface area (Å²) in [5.41, 5.74) is 1.78. The van der Waals surface area contributed by atoms with Gasteiger partial charge in [-0.1, -0.05) is 12.1 Å². The van der Waals surface area contributed by atoms with E-state index in [-0.39, 0.29) is 11.9 Å². The summed E-state index contributed by atoms with van der Waals surface area (Å²) >= 11 is 0. The van der Waals surface area contributed by atoms with Crippen molar-refractivity contribution in [2.24, 2.45) is 0 Å². The van der Waals surface area contributed by atoms with Crippen LogP contribution in [-0.2, 0) is 11.3 Å². The van der Waals surface area contributed by atoms with Crippen LogP contribution >= 0.6 is 0 Å². The molecule has 0 bridgehead atoms. The van der Waals surface area contributed by atoms with E-state index in [2.05, 4.69) is 12.2 Å². The Hall–Kier alpha value is -1.39. The monoisotopic (exact) mass is 248 g/mol. The summed E-state index contributed by atoms with van der Waals surface area (Å²) in [5, 5.41) is 3.29. The molecule has 1 fully saturated rings. The molecule has 1 aliphatic heterocycles. The Kier molecular flexibility index (Phi) is 4.33. The third-order valence-corrected chi connectivity index (χ3v) is 3.25. The van der Waals surface area contributed by atoms with Gasteiger partial charge < -0.3 is 15.0 Å². The van der Waals surface area contributed by atoms with Crippen molar-refractivity contribution in [3.8, 4) is 0 Å². The van der Waals surface area contributed by atoms with Crippen molar-refractivity contribution in [2.45, 2.75) is 19.6 Å². The Morgan fingerprint density at radius 3 is 3.11 bits per heavy atom. The number of piperazine rings is 1. The lowest BCUT2D eigenvalue weighted by atomic mass is 10.1. The molecule has 1 aromatic rings. The van der Waals surface area contributed by atoms with Crippen LogP contribution in [0.4, 0.5) is 0 Å². The fourth-order valence-corrected chi connectivity index (χ4v) is 2.27. The number of methoxy groups -OCH3 is 1. The van der Waals surface area contributed by atoms with Crippen LogP contribution in [0.5, 0.6) is 0 Å². The Labute approximate surface area is 108 Å². The normalized spacial score (nSPS) is 19.9. The molecule has 1 aromatic carbocycles. The van der Waals surface area contributed by atoms with Crippen molar-refractivity contribution in [1.29, 1.82) is 0 Å². The highest BCUT2D eigenvalue weighted by Crippen LogP contribution is 2.12. The number of carbonyl (C=O) groups excluding carboxylic acids is 1. The quantitative estimate of drug-likeness (QED) is 0.876. The largest absolute Gasteiger partial charge is 0.380 e. The standard InChI is InChI=1S/C14H20N2O2/c1-11-9-15-6-7-16(11)14(17)13-5-3-4-12(8-13)10-18-2/h3-5,8,11,15H,6-7,9-10H2,1-2H3/t11-/m1/s1. The summed E-state index contributed by atoms with van der Waals surface area (Å²) in [6.07, 6.45) is 0. The third-order valence-electron chi connectivity index (χ3n) is 3.25. The second-order valence-corrected chi connectivity index (χ2v) is 4.69. The van der Waals surface area contributed by atoms with E-state index in [1.807, 2.05) is 29.2 Å². The van der Waals surface area contributed by atoms with Gasteiger partial charge in [0.2, 0.25) is 0 Å². The zero-order valence-corrected chi connectivity index (χ0v) is 11.0. The first-order chi connectivity index (χ1) is 8.72. The molecule has 1 saturated heterocycles. The van der Waals surface area contributed by atoms with E-state index in [0.717, 1.165) is 30.8 Å². The fourth-order valence-electron chi connectivity index (χ4n) is 2.27. The maximum absolute atomic E-state index is 12.4. The van der Waals surface area contributed by atoms with Gasteiger partial charge in [-0.05, 0) is 24.6 Å². The van der Waals surface area contributed by atoms with Crippen LogP contribution in [0.2, 0.25) is 0 Å². The Bertz CT molecular complexity index is 420. The Morgan fingerprint density at radius 2 is 2.39 bits per heavy atom. The number of carbonyl (C=O) groups is 1. The summed E-state index contributed by atoms with van der Waals surface area (Å²) in [6, 6.07) is 7.92. The van der Waals surface area contributed by atoms with Gasteiger partial charge in [0.15, 0.2) is 0 Å². The van der Waals surface area contributed by atoms with Crippen LogP contribution < -0.4 is 5.32 Å². The first-order valence-electron chi connectivity index (χ1n) is 6.32. The number of nitrogens with one attached hydrogen (secondary N) is 1. The van der Waals surface area contributed by atoms with Crippen LogP contribution in [0.3, 0.4) is 0 Å². The van der Waals surface area contributed by atoms with Crippen molar-refractivity contribution in [3.63, 3.8) is 0 Å². The minimum atomic E-state index is 0.113. The van der Waals surface area contributed by atoms with Crippen LogP contribution in [-0.4, -0.2) is 43.6 Å². The van der Waals surface area contributed by atoms with Crippen LogP contribution in [0.25, 0.3) is 0 Å². The number of hydrogen-bond acceptors (Lipinski definition) is 3. The lowest BCUT2D eigenvalue weighted by molar-refractivity contribution is 0.0655. The molecule has 1 heterocycles. The number of nitrogens with zero attached hydrogens (tertiary/aromatic N) is 1. The van der Waals surface area contributed by atoms with E-state index in [0.29, 0.717) is 6.61 Å². The van der Waals surface area contributed by atoms with Crippen LogP contribution in [0.1, 0.15) is 22.8 Å². The van der Waals surface area contributed by atoms with E-state index in [9.17, 15) is 4.79 Å². The van der Waals surface area contributed by atoms with E-state index >= 15 is 0 Å². The van der Waals surface area contributed by atoms with E-state index < -0.39 is 0 Å². The van der Waals surface area contributed by atoms with E-state index in [1.165, 1.54) is 0 Å². The molecule has 0 aromatic heterocycles. The summed E-state index contributed by atoms with van der Waals surface area (Å²) in [6.45, 7) is 5.12. The Balaban J connectivity index is 2.14. The second-order valence-electron chi connectivity index (χ2n) is 4.69. The lowest BCUT2D eigenvalue weighted by Crippen LogP contribution is -2.52. The molecule has 0 aliphatic carbocycles. The highest BCUT2D eigenvalue weighted by atomic mass is 16.5. The van der Waals surface area contributed by atoms with Gasteiger partial charge in [0.25, 0.3) is 5.91 Å². The smallest absolute Gasteiger partial charge is 0.254 e. The Morgan fingerprint density at radius 1 is 1.56 bits per heavy atom. The van der Waals surface area contributed by atoms with Gasteiger partial charge in [0.1, 0.15) is 0 Å². The van der Waals surface area contributed by atoms with Crippen molar-refractivity contribution in [2.75, 3.05) is 26.7 Å². The van der Waals surface area contributed by atoms with Crippen molar-refractivity contribution in [1.82, 2.24) is 10.2 Å². The van der Waals surface area contributed by atoms with Gasteiger partial charge in [-0.15, -0.1) is 0 Å². The minimum Gasteiger partial charge on any atom is -0.380 e. The summed E-state index contributed by atoms with van der Waals surface area (Å²) < 4.78 is 5.09. The van der Waals surface area contributed by atoms with E-state index in [1.54, 1.807) is 7.11 Å². The predicted molar refractivity (Wildman–Crippen MR) is 70.5 cm³/mol. The van der Waals surface area contributed by atoms with Crippen LogP contribution in [0.15, 0.2) is 24.3 Å². The van der Waals surface area contributed by atoms with Crippen molar-refractivity contribution >= 4 is 5.91 Å². The fraction of sp³-hybridized carbons (Fsp3) is 0.500. The molecule has 0 spiro atoms. The van der Waals surface area contributed by atoms with Crippen molar-refractivity contribution in [3.05, 3.63) is 35.4 Å². The molecule has 0 unspecified atom stereocenters. The second kappa shape index (κ2) is 5.98. The molecular weight excluding hydrogens is 228 g/mol. The molecule has 1 aliphatic rings. The van der Waals surface area contributed by atoms with Crippen LogP contribution in [0, 0.1) is 0 Å². The van der Waals surface area contributed by atoms with Crippen molar-refractivity contribution < 1.29 is 9.53 Å². The first kappa shape index (κ1) is 13.1. The lowest BCUT2D eigenvalue weighted by Gasteiger charge is -2.34. The van der Waals surface area contributed by atoms with Gasteiger partial charge in [-0.25, -0.2) is 0 Å². The third kappa shape index (κ3) is 2.89. The van der Waals surface area contributed by atoms with Gasteiger partial charge in [-0.3, -0.25) is 4.79 Å². The predicted octanol–water partition coefficient (Wildman–Crippen LogP) is 1.27.